The van der Waals surface area contributed by atoms with Crippen LogP contribution in [0.2, 0.25) is 0 Å². The van der Waals surface area contributed by atoms with Gasteiger partial charge in [-0.25, -0.2) is 0 Å². The van der Waals surface area contributed by atoms with Gasteiger partial charge in [-0.1, -0.05) is 48.6 Å². The van der Waals surface area contributed by atoms with Gasteiger partial charge in [-0.2, -0.15) is 0 Å². The lowest BCUT2D eigenvalue weighted by atomic mass is 9.97. The van der Waals surface area contributed by atoms with Crippen LogP contribution in [0.25, 0.3) is 43.6 Å². The molecule has 0 fully saturated rings. The van der Waals surface area contributed by atoms with Crippen LogP contribution >= 0.6 is 9.39 Å². The first-order valence-corrected chi connectivity index (χ1v) is 11.0. The number of aromatic nitrogens is 2. The molecule has 2 aliphatic heterocycles. The minimum Gasteiger partial charge on any atom is -0.332 e. The molecule has 4 heterocycles. The van der Waals surface area contributed by atoms with E-state index in [2.05, 4.69) is 79.2 Å². The number of allylic oxidation sites excluding steroid dienone is 2. The van der Waals surface area contributed by atoms with E-state index in [0.29, 0.717) is 18.6 Å². The van der Waals surface area contributed by atoms with Crippen LogP contribution < -0.4 is 0 Å². The summed E-state index contributed by atoms with van der Waals surface area (Å²) < 4.78 is 6.84. The van der Waals surface area contributed by atoms with Crippen molar-refractivity contribution in [2.24, 2.45) is 0 Å². The van der Waals surface area contributed by atoms with E-state index in [1.165, 1.54) is 43.8 Å². The highest BCUT2D eigenvalue weighted by molar-refractivity contribution is 7.14. The third-order valence-corrected chi connectivity index (χ3v) is 7.82. The lowest BCUT2D eigenvalue weighted by Gasteiger charge is -2.14. The van der Waals surface area contributed by atoms with E-state index in [0.717, 1.165) is 17.4 Å². The first-order chi connectivity index (χ1) is 14.7. The van der Waals surface area contributed by atoms with Gasteiger partial charge in [-0.05, 0) is 33.5 Å². The van der Waals surface area contributed by atoms with Crippen molar-refractivity contribution >= 4 is 58.9 Å². The summed E-state index contributed by atoms with van der Waals surface area (Å²) in [5, 5.41) is 4.84. The molecule has 2 aromatic heterocycles. The van der Waals surface area contributed by atoms with Gasteiger partial charge in [-0.15, -0.1) is 0 Å². The fraction of sp³-hybridized carbons (Fsp3) is 0.160. The quantitative estimate of drug-likeness (QED) is 0.239. The molecule has 0 saturated carbocycles. The molecule has 3 atom stereocenters. The van der Waals surface area contributed by atoms with Crippen molar-refractivity contribution in [2.45, 2.75) is 25.0 Å². The summed E-state index contributed by atoms with van der Waals surface area (Å²) in [6, 6.07) is 18.0. The van der Waals surface area contributed by atoms with Crippen LogP contribution in [-0.4, -0.2) is 19.7 Å². The maximum absolute atomic E-state index is 13.4. The Morgan fingerprint density at radius 2 is 1.37 bits per heavy atom. The molecule has 5 aromatic rings. The second-order valence-corrected chi connectivity index (χ2v) is 9.39. The highest BCUT2D eigenvalue weighted by Gasteiger charge is 2.38. The number of hydrogen-bond acceptors (Lipinski definition) is 1. The van der Waals surface area contributed by atoms with E-state index < -0.39 is 0 Å². The molecular formula is C25H18N3OP. The number of hydrogen-bond donors (Lipinski definition) is 0. The van der Waals surface area contributed by atoms with E-state index in [1.807, 2.05) is 0 Å². The van der Waals surface area contributed by atoms with Gasteiger partial charge in [0.25, 0.3) is 5.91 Å². The van der Waals surface area contributed by atoms with Crippen molar-refractivity contribution in [1.82, 2.24) is 13.8 Å². The van der Waals surface area contributed by atoms with Crippen LogP contribution in [0.4, 0.5) is 0 Å². The minimum absolute atomic E-state index is 0.113. The molecule has 0 N–H and O–H groups in total. The Bertz CT molecular complexity index is 1650. The number of para-hydroxylation sites is 2. The third-order valence-electron chi connectivity index (χ3n) is 7.40. The first-order valence-electron chi connectivity index (χ1n) is 10.5. The van der Waals surface area contributed by atoms with E-state index >= 15 is 0 Å². The van der Waals surface area contributed by atoms with Crippen molar-refractivity contribution in [3.8, 4) is 0 Å². The highest BCUT2D eigenvalue weighted by Crippen LogP contribution is 2.52. The lowest BCUT2D eigenvalue weighted by Crippen LogP contribution is -2.10. The monoisotopic (exact) mass is 407 g/mol. The standard InChI is InChI=1S/C25H18N3OP/c29-25-22-17(12-26(25)30)20-15-5-1-3-7-18(15)27-13-9-10-14(11-13)28-19-8-4-2-6-16(19)21(22)24(28)23(20)27/h1-10,13-14H,11-12,30H2/t13-,14?/m0/s1. The Kier molecular flexibility index (Phi) is 2.60. The molecule has 30 heavy (non-hydrogen) atoms. The summed E-state index contributed by atoms with van der Waals surface area (Å²) in [5.41, 5.74) is 7.10. The summed E-state index contributed by atoms with van der Waals surface area (Å²) in [4.78, 5) is 13.4. The van der Waals surface area contributed by atoms with Gasteiger partial charge in [0, 0.05) is 32.6 Å². The van der Waals surface area contributed by atoms with Gasteiger partial charge < -0.3 is 13.8 Å². The van der Waals surface area contributed by atoms with Crippen molar-refractivity contribution in [2.75, 3.05) is 0 Å². The van der Waals surface area contributed by atoms with Crippen LogP contribution in [0.1, 0.15) is 34.4 Å². The lowest BCUT2D eigenvalue weighted by molar-refractivity contribution is 0.0889. The number of benzene rings is 3. The van der Waals surface area contributed by atoms with Crippen molar-refractivity contribution in [1.29, 1.82) is 0 Å². The number of amides is 1. The molecule has 3 aliphatic rings. The molecule has 0 spiro atoms. The van der Waals surface area contributed by atoms with E-state index in [4.69, 9.17) is 0 Å². The summed E-state index contributed by atoms with van der Waals surface area (Å²) in [6.45, 7) is 0.642. The average Bonchev–Trinajstić information content (AvgIpc) is 3.47. The van der Waals surface area contributed by atoms with Crippen LogP contribution in [0, 0.1) is 0 Å². The zero-order valence-electron chi connectivity index (χ0n) is 16.2. The van der Waals surface area contributed by atoms with Crippen molar-refractivity contribution < 1.29 is 4.79 Å². The normalized spacial score (nSPS) is 21.8. The second-order valence-electron chi connectivity index (χ2n) is 8.76. The van der Waals surface area contributed by atoms with Gasteiger partial charge in [0.05, 0.1) is 35.2 Å². The Morgan fingerprint density at radius 1 is 0.800 bits per heavy atom. The molecule has 3 aromatic carbocycles. The van der Waals surface area contributed by atoms with Gasteiger partial charge in [0.2, 0.25) is 0 Å². The maximum Gasteiger partial charge on any atom is 0.258 e. The topological polar surface area (TPSA) is 30.2 Å². The Balaban J connectivity index is 1.81. The van der Waals surface area contributed by atoms with E-state index in [9.17, 15) is 4.79 Å². The molecule has 5 heteroatoms. The van der Waals surface area contributed by atoms with Gasteiger partial charge in [0.15, 0.2) is 0 Å². The van der Waals surface area contributed by atoms with Crippen LogP contribution in [0.3, 0.4) is 0 Å². The smallest absolute Gasteiger partial charge is 0.258 e. The molecule has 1 amide bonds. The number of fused-ring (bicyclic) bond motifs is 13. The molecule has 0 saturated heterocycles. The summed E-state index contributed by atoms with van der Waals surface area (Å²) in [5.74, 6) is 0.113. The highest BCUT2D eigenvalue weighted by atomic mass is 31.0. The number of carbonyl (C=O) groups excluding carboxylic acids is 1. The Hall–Kier alpha value is -3.10. The summed E-state index contributed by atoms with van der Waals surface area (Å²) >= 11 is 0. The Morgan fingerprint density at radius 3 is 2.03 bits per heavy atom. The molecule has 2 bridgehead atoms. The fourth-order valence-electron chi connectivity index (χ4n) is 6.34. The van der Waals surface area contributed by atoms with Crippen LogP contribution in [-0.2, 0) is 6.54 Å². The molecule has 2 unspecified atom stereocenters. The number of nitrogens with zero attached hydrogens (tertiary/aromatic N) is 3. The minimum atomic E-state index is 0.113. The van der Waals surface area contributed by atoms with Crippen LogP contribution in [0.5, 0.6) is 0 Å². The number of carbonyl (C=O) groups is 1. The van der Waals surface area contributed by atoms with E-state index in [1.54, 1.807) is 4.67 Å². The predicted octanol–water partition coefficient (Wildman–Crippen LogP) is 5.70. The summed E-state index contributed by atoms with van der Waals surface area (Å²) in [6.07, 6.45) is 5.79. The van der Waals surface area contributed by atoms with Gasteiger partial charge in [0.1, 0.15) is 0 Å². The van der Waals surface area contributed by atoms with Crippen molar-refractivity contribution in [3.05, 3.63) is 71.8 Å². The largest absolute Gasteiger partial charge is 0.332 e. The third kappa shape index (κ3) is 1.55. The van der Waals surface area contributed by atoms with Gasteiger partial charge in [-0.3, -0.25) is 4.79 Å². The first kappa shape index (κ1) is 15.7. The molecule has 144 valence electrons. The predicted molar refractivity (Wildman–Crippen MR) is 124 cm³/mol. The SMILES string of the molecule is O=C1c2c(c3c4ccccc4n4c3c3c2c2ccccc2n3C2C=C[C@H]4C2)CN1P. The zero-order chi connectivity index (χ0) is 19.7. The van der Waals surface area contributed by atoms with Gasteiger partial charge >= 0.3 is 0 Å². The summed E-state index contributed by atoms with van der Waals surface area (Å²) in [7, 11) is 2.64. The molecular weight excluding hydrogens is 389 g/mol. The molecule has 1 aliphatic carbocycles. The van der Waals surface area contributed by atoms with Crippen LogP contribution in [0.15, 0.2) is 60.7 Å². The Labute approximate surface area is 174 Å². The molecule has 4 nitrogen and oxygen atoms in total. The number of rotatable bonds is 0. The zero-order valence-corrected chi connectivity index (χ0v) is 17.3. The fourth-order valence-corrected chi connectivity index (χ4v) is 6.65. The molecule has 0 radical (unpaired) electrons. The average molecular weight is 407 g/mol. The van der Waals surface area contributed by atoms with E-state index in [-0.39, 0.29) is 5.91 Å². The molecule has 8 rings (SSSR count). The second kappa shape index (κ2) is 4.96. The van der Waals surface area contributed by atoms with Crippen molar-refractivity contribution in [3.63, 3.8) is 0 Å². The maximum atomic E-state index is 13.4.